The van der Waals surface area contributed by atoms with Crippen LogP contribution >= 0.6 is 57.9 Å². The van der Waals surface area contributed by atoms with Gasteiger partial charge in [-0.15, -0.1) is 23.1 Å². The fraction of sp³-hybridized carbons (Fsp3) is 0.0769. The summed E-state index contributed by atoms with van der Waals surface area (Å²) in [5.74, 6) is -0.418. The van der Waals surface area contributed by atoms with Gasteiger partial charge in [0.15, 0.2) is 0 Å². The summed E-state index contributed by atoms with van der Waals surface area (Å²) in [6, 6.07) is 18.3. The quantitative estimate of drug-likeness (QED) is 0.151. The number of hydrogen-bond acceptors (Lipinski definition) is 7. The lowest BCUT2D eigenvalue weighted by atomic mass is 9.83. The number of fused-ring (bicyclic) bond motifs is 2. The largest absolute Gasteiger partial charge is 0.440 e. The molecule has 2 N–H and O–H groups in total. The Labute approximate surface area is 230 Å². The maximum atomic E-state index is 13.0. The first kappa shape index (κ1) is 24.8. The molecule has 0 spiro atoms. The highest BCUT2D eigenvalue weighted by Gasteiger charge is 2.31. The summed E-state index contributed by atoms with van der Waals surface area (Å²) in [7, 11) is 0. The number of thiophene rings is 1. The van der Waals surface area contributed by atoms with Crippen molar-refractivity contribution in [1.82, 2.24) is 0 Å². The number of carbonyl (C=O) groups is 1. The predicted molar refractivity (Wildman–Crippen MR) is 146 cm³/mol. The van der Waals surface area contributed by atoms with E-state index in [1.165, 1.54) is 0 Å². The summed E-state index contributed by atoms with van der Waals surface area (Å²) >= 11 is 21.6. The van der Waals surface area contributed by atoms with Gasteiger partial charge in [0.05, 0.1) is 16.0 Å². The number of carbonyl (C=O) groups excluding carboxylic acids is 1. The molecule has 10 heteroatoms. The molecule has 5 rings (SSSR count). The number of rotatable bonds is 4. The molecule has 0 amide bonds. The average molecular weight is 574 g/mol. The molecule has 1 unspecified atom stereocenters. The van der Waals surface area contributed by atoms with Gasteiger partial charge >= 0.3 is 5.97 Å². The van der Waals surface area contributed by atoms with Crippen LogP contribution in [0.5, 0.6) is 11.5 Å². The van der Waals surface area contributed by atoms with Gasteiger partial charge in [0.2, 0.25) is 5.88 Å². The van der Waals surface area contributed by atoms with E-state index in [1.54, 1.807) is 42.1 Å². The Bertz CT molecular complexity index is 1610. The molecule has 0 fully saturated rings. The van der Waals surface area contributed by atoms with E-state index in [1.807, 2.05) is 30.5 Å². The molecular weight excluding hydrogens is 559 g/mol. The summed E-state index contributed by atoms with van der Waals surface area (Å²) in [4.78, 5) is 14.3. The maximum absolute atomic E-state index is 13.0. The number of benzene rings is 3. The Balaban J connectivity index is 1.49. The average Bonchev–Trinajstić information content (AvgIpc) is 3.19. The third-order valence-corrected chi connectivity index (χ3v) is 8.55. The van der Waals surface area contributed by atoms with E-state index in [0.717, 1.165) is 27.4 Å². The number of allylic oxidation sites excluding steroid dienone is 1. The second-order valence-electron chi connectivity index (χ2n) is 7.79. The Kier molecular flexibility index (Phi) is 6.82. The molecule has 36 heavy (non-hydrogen) atoms. The van der Waals surface area contributed by atoms with Crippen molar-refractivity contribution in [1.29, 1.82) is 5.26 Å². The van der Waals surface area contributed by atoms with Crippen molar-refractivity contribution in [2.24, 2.45) is 5.73 Å². The van der Waals surface area contributed by atoms with Gasteiger partial charge in [-0.25, -0.2) is 4.79 Å². The van der Waals surface area contributed by atoms with E-state index >= 15 is 0 Å². The van der Waals surface area contributed by atoms with Gasteiger partial charge < -0.3 is 15.2 Å². The zero-order valence-corrected chi connectivity index (χ0v) is 22.4. The predicted octanol–water partition coefficient (Wildman–Crippen LogP) is 8.02. The highest BCUT2D eigenvalue weighted by molar-refractivity contribution is 7.98. The fourth-order valence-corrected chi connectivity index (χ4v) is 6.69. The summed E-state index contributed by atoms with van der Waals surface area (Å²) in [6.07, 6.45) is 2.00. The lowest BCUT2D eigenvalue weighted by Crippen LogP contribution is -2.21. The van der Waals surface area contributed by atoms with Gasteiger partial charge in [0.1, 0.15) is 28.0 Å². The van der Waals surface area contributed by atoms with Gasteiger partial charge in [0, 0.05) is 31.6 Å². The summed E-state index contributed by atoms with van der Waals surface area (Å²) in [5.41, 5.74) is 8.05. The molecule has 0 saturated carbocycles. The van der Waals surface area contributed by atoms with E-state index in [0.29, 0.717) is 31.5 Å². The lowest BCUT2D eigenvalue weighted by molar-refractivity contribution is 0.0740. The van der Waals surface area contributed by atoms with Crippen LogP contribution in [0, 0.1) is 11.3 Å². The molecule has 1 aliphatic heterocycles. The first-order chi connectivity index (χ1) is 17.3. The molecule has 1 atom stereocenters. The summed E-state index contributed by atoms with van der Waals surface area (Å²) in [5, 5.41) is 11.3. The van der Waals surface area contributed by atoms with Gasteiger partial charge in [0.25, 0.3) is 0 Å². The van der Waals surface area contributed by atoms with Crippen LogP contribution in [0.2, 0.25) is 15.1 Å². The highest BCUT2D eigenvalue weighted by Crippen LogP contribution is 2.45. The zero-order valence-electron chi connectivity index (χ0n) is 18.5. The molecule has 180 valence electrons. The van der Waals surface area contributed by atoms with Crippen molar-refractivity contribution in [3.63, 3.8) is 0 Å². The molecule has 0 saturated heterocycles. The van der Waals surface area contributed by atoms with E-state index < -0.39 is 11.9 Å². The first-order valence-electron chi connectivity index (χ1n) is 10.5. The Hall–Kier alpha value is -2.86. The Morgan fingerprint density at radius 1 is 1.14 bits per heavy atom. The van der Waals surface area contributed by atoms with E-state index in [4.69, 9.17) is 50.0 Å². The SMILES string of the molecule is CSc1ccc(C2C(C#N)=C(N)Oc3cc(OC(=O)c4sc5cc(Cl)cc(Cl)c5c4Cl)ccc32)cc1. The van der Waals surface area contributed by atoms with Crippen molar-refractivity contribution >= 4 is 74.0 Å². The molecule has 0 aliphatic carbocycles. The number of nitriles is 1. The van der Waals surface area contributed by atoms with Gasteiger partial charge in [-0.05, 0) is 42.2 Å². The van der Waals surface area contributed by atoms with E-state index in [-0.39, 0.29) is 21.5 Å². The van der Waals surface area contributed by atoms with Crippen LogP contribution in [0.15, 0.2) is 70.9 Å². The minimum atomic E-state index is -0.644. The molecule has 4 aromatic rings. The summed E-state index contributed by atoms with van der Waals surface area (Å²) < 4.78 is 12.0. The number of nitrogens with two attached hydrogens (primary N) is 1. The monoisotopic (exact) mass is 572 g/mol. The van der Waals surface area contributed by atoms with Gasteiger partial charge in [-0.1, -0.05) is 53.0 Å². The molecule has 3 aromatic carbocycles. The smallest absolute Gasteiger partial charge is 0.355 e. The van der Waals surface area contributed by atoms with Crippen LogP contribution in [-0.4, -0.2) is 12.2 Å². The highest BCUT2D eigenvalue weighted by atomic mass is 35.5. The Morgan fingerprint density at radius 2 is 1.89 bits per heavy atom. The van der Waals surface area contributed by atoms with Crippen LogP contribution in [-0.2, 0) is 0 Å². The minimum absolute atomic E-state index is 0.00601. The molecule has 0 radical (unpaired) electrons. The third kappa shape index (κ3) is 4.40. The van der Waals surface area contributed by atoms with Crippen molar-refractivity contribution in [3.05, 3.63) is 97.1 Å². The van der Waals surface area contributed by atoms with Crippen LogP contribution in [0.3, 0.4) is 0 Å². The van der Waals surface area contributed by atoms with Crippen LogP contribution < -0.4 is 15.2 Å². The topological polar surface area (TPSA) is 85.3 Å². The van der Waals surface area contributed by atoms with Crippen LogP contribution in [0.1, 0.15) is 26.7 Å². The molecule has 1 aromatic heterocycles. The number of nitrogens with zero attached hydrogens (tertiary/aromatic N) is 1. The van der Waals surface area contributed by atoms with Crippen molar-refractivity contribution in [2.75, 3.05) is 6.26 Å². The number of halogens is 3. The normalized spacial score (nSPS) is 14.8. The number of thioether (sulfide) groups is 1. The minimum Gasteiger partial charge on any atom is -0.440 e. The number of esters is 1. The van der Waals surface area contributed by atoms with Gasteiger partial charge in [-0.3, -0.25) is 0 Å². The first-order valence-corrected chi connectivity index (χ1v) is 13.6. The van der Waals surface area contributed by atoms with E-state index in [2.05, 4.69) is 6.07 Å². The summed E-state index contributed by atoms with van der Waals surface area (Å²) in [6.45, 7) is 0. The van der Waals surface area contributed by atoms with Crippen molar-refractivity contribution < 1.29 is 14.3 Å². The van der Waals surface area contributed by atoms with Crippen LogP contribution in [0.25, 0.3) is 10.1 Å². The molecule has 5 nitrogen and oxygen atoms in total. The second-order valence-corrected chi connectivity index (χ2v) is 10.9. The van der Waals surface area contributed by atoms with Gasteiger partial charge in [-0.2, -0.15) is 5.26 Å². The third-order valence-electron chi connectivity index (χ3n) is 5.69. The number of ether oxygens (including phenoxy) is 2. The zero-order chi connectivity index (χ0) is 25.6. The van der Waals surface area contributed by atoms with Crippen molar-refractivity contribution in [3.8, 4) is 17.6 Å². The molecule has 0 bridgehead atoms. The van der Waals surface area contributed by atoms with E-state index in [9.17, 15) is 10.1 Å². The molecule has 2 heterocycles. The standard InChI is InChI=1S/C26H15Cl3N2O3S2/c1-35-15-5-2-12(3-6-15)21-16-7-4-14(10-19(16)34-25(31)17(21)11-30)33-26(32)24-23(29)22-18(28)8-13(27)9-20(22)36-24/h2-10,21H,31H2,1H3. The molecule has 1 aliphatic rings. The van der Waals surface area contributed by atoms with Crippen molar-refractivity contribution in [2.45, 2.75) is 10.8 Å². The maximum Gasteiger partial charge on any atom is 0.355 e. The Morgan fingerprint density at radius 3 is 2.58 bits per heavy atom. The van der Waals surface area contributed by atoms with Crippen LogP contribution in [0.4, 0.5) is 0 Å². The fourth-order valence-electron chi connectivity index (χ4n) is 4.03. The lowest BCUT2D eigenvalue weighted by Gasteiger charge is -2.26. The number of hydrogen-bond donors (Lipinski definition) is 1. The second kappa shape index (κ2) is 9.89. The molecular formula is C26H15Cl3N2O3S2.